The molecule has 0 saturated carbocycles. The lowest BCUT2D eigenvalue weighted by Gasteiger charge is -2.16. The molecule has 1 aliphatic carbocycles. The van der Waals surface area contributed by atoms with E-state index in [-0.39, 0.29) is 23.8 Å². The van der Waals surface area contributed by atoms with Gasteiger partial charge in [0.1, 0.15) is 6.33 Å². The van der Waals surface area contributed by atoms with Crippen LogP contribution in [0, 0.1) is 0 Å². The molecule has 2 N–H and O–H groups in total. The van der Waals surface area contributed by atoms with Crippen LogP contribution in [0.4, 0.5) is 0 Å². The highest BCUT2D eigenvalue weighted by molar-refractivity contribution is 7.89. The lowest BCUT2D eigenvalue weighted by molar-refractivity contribution is -0.116. The highest BCUT2D eigenvalue weighted by Gasteiger charge is 2.18. The Kier molecular flexibility index (Phi) is 5.15. The van der Waals surface area contributed by atoms with Crippen molar-refractivity contribution in [3.8, 4) is 0 Å². The third-order valence-corrected chi connectivity index (χ3v) is 6.43. The van der Waals surface area contributed by atoms with Crippen LogP contribution < -0.4 is 10.1 Å². The molecular weight excluding hydrogens is 376 g/mol. The summed E-state index contributed by atoms with van der Waals surface area (Å²) in [5.41, 5.74) is 6.61. The molecule has 0 unspecified atom stereocenters. The quantitative estimate of drug-likeness (QED) is 0.667. The topological polar surface area (TPSA) is 93.1 Å². The number of imidazole rings is 1. The molecule has 0 saturated heterocycles. The third kappa shape index (κ3) is 3.93. The van der Waals surface area contributed by atoms with Gasteiger partial charge in [-0.05, 0) is 61.1 Å². The molecule has 1 aromatic heterocycles. The number of amides is 1. The number of benzene rings is 2. The Balaban J connectivity index is 1.35. The zero-order valence-electron chi connectivity index (χ0n) is 15.4. The second-order valence-corrected chi connectivity index (χ2v) is 8.69. The Morgan fingerprint density at radius 3 is 2.71 bits per heavy atom. The number of aryl methyl sites for hydroxylation is 2. The normalized spacial score (nSPS) is 14.0. The molecule has 7 nitrogen and oxygen atoms in total. The van der Waals surface area contributed by atoms with E-state index in [2.05, 4.69) is 15.1 Å². The number of nitrogens with one attached hydrogen (secondary N) is 2. The van der Waals surface area contributed by atoms with Crippen molar-refractivity contribution in [2.24, 2.45) is 0 Å². The summed E-state index contributed by atoms with van der Waals surface area (Å²) >= 11 is 0. The van der Waals surface area contributed by atoms with Crippen molar-refractivity contribution in [1.29, 1.82) is 0 Å². The molecule has 1 amide bonds. The van der Waals surface area contributed by atoms with Gasteiger partial charge in [0.05, 0.1) is 15.9 Å². The van der Waals surface area contributed by atoms with E-state index in [1.807, 2.05) is 30.3 Å². The monoisotopic (exact) mass is 398 g/mol. The zero-order valence-corrected chi connectivity index (χ0v) is 16.2. The molecule has 0 fully saturated rings. The van der Waals surface area contributed by atoms with Crippen LogP contribution in [0.15, 0.2) is 53.7 Å². The summed E-state index contributed by atoms with van der Waals surface area (Å²) in [5, 5.41) is 0. The van der Waals surface area contributed by atoms with Gasteiger partial charge >= 0.3 is 0 Å². The summed E-state index contributed by atoms with van der Waals surface area (Å²) < 4.78 is 29.1. The summed E-state index contributed by atoms with van der Waals surface area (Å²) in [7, 11) is -3.64. The number of hydrogen-bond acceptors (Lipinski definition) is 4. The van der Waals surface area contributed by atoms with Crippen LogP contribution in [-0.2, 0) is 27.7 Å². The maximum atomic E-state index is 12.5. The van der Waals surface area contributed by atoms with Gasteiger partial charge in [-0.15, -0.1) is 0 Å². The molecule has 1 aliphatic rings. The maximum Gasteiger partial charge on any atom is 0.240 e. The Bertz CT molecular complexity index is 1120. The molecule has 0 bridgehead atoms. The van der Waals surface area contributed by atoms with Gasteiger partial charge in [0.2, 0.25) is 15.9 Å². The molecular formula is C20H22N4O3S. The van der Waals surface area contributed by atoms with Gasteiger partial charge in [0, 0.05) is 13.0 Å². The lowest BCUT2D eigenvalue weighted by atomic mass is 9.92. The van der Waals surface area contributed by atoms with Crippen molar-refractivity contribution in [2.45, 2.75) is 37.0 Å². The smallest absolute Gasteiger partial charge is 0.240 e. The molecule has 0 radical (unpaired) electrons. The molecule has 8 heteroatoms. The molecule has 0 spiro atoms. The third-order valence-electron chi connectivity index (χ3n) is 4.97. The van der Waals surface area contributed by atoms with E-state index in [0.717, 1.165) is 42.3 Å². The van der Waals surface area contributed by atoms with Gasteiger partial charge < -0.3 is 0 Å². The van der Waals surface area contributed by atoms with Crippen LogP contribution in [0.5, 0.6) is 0 Å². The average Bonchev–Trinajstić information content (AvgIpc) is 3.10. The first-order chi connectivity index (χ1) is 13.5. The number of hydrogen-bond donors (Lipinski definition) is 2. The van der Waals surface area contributed by atoms with Crippen molar-refractivity contribution in [3.05, 3.63) is 59.9 Å². The largest absolute Gasteiger partial charge is 0.273 e. The van der Waals surface area contributed by atoms with E-state index >= 15 is 0 Å². The molecule has 4 rings (SSSR count). The second-order valence-electron chi connectivity index (χ2n) is 6.92. The van der Waals surface area contributed by atoms with Gasteiger partial charge in [0.15, 0.2) is 0 Å². The van der Waals surface area contributed by atoms with Gasteiger partial charge in [0.25, 0.3) is 0 Å². The van der Waals surface area contributed by atoms with Crippen LogP contribution in [-0.4, -0.2) is 30.5 Å². The second kappa shape index (κ2) is 7.73. The van der Waals surface area contributed by atoms with Crippen molar-refractivity contribution in [1.82, 2.24) is 14.4 Å². The number of nitrogens with zero attached hydrogens (tertiary/aromatic N) is 2. The maximum absolute atomic E-state index is 12.5. The van der Waals surface area contributed by atoms with Gasteiger partial charge in [-0.25, -0.2) is 22.8 Å². The Hall–Kier alpha value is -2.71. The first-order valence-electron chi connectivity index (χ1n) is 9.36. The summed E-state index contributed by atoms with van der Waals surface area (Å²) in [6, 6.07) is 12.7. The number of carbonyl (C=O) groups is 1. The van der Waals surface area contributed by atoms with Crippen LogP contribution in [0.1, 0.15) is 30.4 Å². The molecule has 2 aromatic carbocycles. The van der Waals surface area contributed by atoms with E-state index in [0.29, 0.717) is 0 Å². The minimum absolute atomic E-state index is 0.0245. The van der Waals surface area contributed by atoms with Crippen LogP contribution in [0.3, 0.4) is 0 Å². The lowest BCUT2D eigenvalue weighted by Crippen LogP contribution is -2.30. The Morgan fingerprint density at radius 1 is 1.07 bits per heavy atom. The summed E-state index contributed by atoms with van der Waals surface area (Å²) in [4.78, 5) is 16.6. The fraction of sp³-hybridized carbons (Fsp3) is 0.300. The van der Waals surface area contributed by atoms with Crippen molar-refractivity contribution >= 4 is 27.0 Å². The number of fused-ring (bicyclic) bond motifs is 2. The van der Waals surface area contributed by atoms with Crippen LogP contribution in [0.2, 0.25) is 0 Å². The first-order valence-corrected chi connectivity index (χ1v) is 10.8. The van der Waals surface area contributed by atoms with Crippen LogP contribution >= 0.6 is 0 Å². The Labute approximate surface area is 163 Å². The van der Waals surface area contributed by atoms with Gasteiger partial charge in [-0.2, -0.15) is 0 Å². The predicted octanol–water partition coefficient (Wildman–Crippen LogP) is 2.35. The van der Waals surface area contributed by atoms with Gasteiger partial charge in [-0.1, -0.05) is 18.2 Å². The minimum atomic E-state index is -3.64. The van der Waals surface area contributed by atoms with Crippen molar-refractivity contribution in [3.63, 3.8) is 0 Å². The fourth-order valence-electron chi connectivity index (χ4n) is 3.50. The van der Waals surface area contributed by atoms with E-state index < -0.39 is 10.0 Å². The molecule has 1 heterocycles. The number of para-hydroxylation sites is 2. The molecule has 146 valence electrons. The van der Waals surface area contributed by atoms with Gasteiger partial charge in [-0.3, -0.25) is 10.2 Å². The number of carbonyl (C=O) groups excluding carboxylic acids is 1. The minimum Gasteiger partial charge on any atom is -0.273 e. The number of aromatic nitrogens is 2. The van der Waals surface area contributed by atoms with Crippen molar-refractivity contribution in [2.75, 3.05) is 12.0 Å². The van der Waals surface area contributed by atoms with E-state index in [4.69, 9.17) is 0 Å². The average molecular weight is 398 g/mol. The molecule has 3 aromatic rings. The van der Waals surface area contributed by atoms with E-state index in [9.17, 15) is 13.2 Å². The zero-order chi connectivity index (χ0) is 19.6. The molecule has 0 aliphatic heterocycles. The van der Waals surface area contributed by atoms with Crippen LogP contribution in [0.25, 0.3) is 11.0 Å². The summed E-state index contributed by atoms with van der Waals surface area (Å²) in [5.74, 6) is -0.295. The highest BCUT2D eigenvalue weighted by Crippen LogP contribution is 2.24. The predicted molar refractivity (Wildman–Crippen MR) is 107 cm³/mol. The Morgan fingerprint density at radius 2 is 1.86 bits per heavy atom. The fourth-order valence-corrected chi connectivity index (χ4v) is 4.58. The number of sulfonamides is 1. The molecule has 0 atom stereocenters. The summed E-state index contributed by atoms with van der Waals surface area (Å²) in [6.45, 7) is 0.0257. The first kappa shape index (κ1) is 18.6. The van der Waals surface area contributed by atoms with Crippen molar-refractivity contribution < 1.29 is 13.2 Å². The highest BCUT2D eigenvalue weighted by atomic mass is 32.2. The molecule has 28 heavy (non-hydrogen) atoms. The SMILES string of the molecule is O=C(CCNS(=O)(=O)c1ccc2c(c1)CCCC2)Nn1cnc2ccccc21. The standard InChI is InChI=1S/C20H22N4O3S/c25-20(23-24-14-21-18-7-3-4-8-19(18)24)11-12-22-28(26,27)17-10-9-15-5-1-2-6-16(15)13-17/h3-4,7-10,13-14,22H,1-2,5-6,11-12H2,(H,23,25). The van der Waals surface area contributed by atoms with E-state index in [1.165, 1.54) is 16.6 Å². The van der Waals surface area contributed by atoms with E-state index in [1.54, 1.807) is 12.1 Å². The number of rotatable bonds is 6. The summed E-state index contributed by atoms with van der Waals surface area (Å²) in [6.07, 6.45) is 5.72.